The first-order valence-electron chi connectivity index (χ1n) is 14.6. The fourth-order valence-corrected chi connectivity index (χ4v) is 7.26. The molecule has 5 rings (SSSR count). The molecule has 234 valence electrons. The number of methoxy groups -OCH3 is 1. The van der Waals surface area contributed by atoms with Crippen LogP contribution in [0.25, 0.3) is 5.76 Å². The number of halogens is 1. The van der Waals surface area contributed by atoms with Gasteiger partial charge in [-0.05, 0) is 61.2 Å². The van der Waals surface area contributed by atoms with Gasteiger partial charge in [-0.2, -0.15) is 0 Å². The number of hydrogen-bond acceptors (Lipinski definition) is 9. The number of benzene rings is 3. The number of aliphatic hydroxyl groups excluding tert-OH is 1. The Hall–Kier alpha value is -3.86. The topological polar surface area (TPSA) is 102 Å². The molecule has 1 aliphatic heterocycles. The fourth-order valence-electron chi connectivity index (χ4n) is 5.10. The largest absolute Gasteiger partial charge is 0.507 e. The number of ether oxygens (including phenoxy) is 2. The van der Waals surface area contributed by atoms with Crippen LogP contribution in [0.1, 0.15) is 60.0 Å². The average Bonchev–Trinajstić information content (AvgIpc) is 3.61. The number of Topliss-reactive ketones (excluding diaryl/α,β-unsaturated/α-hetero) is 1. The molecular formula is C34H34ClN3O5S2. The number of aromatic nitrogens is 2. The molecule has 1 fully saturated rings. The van der Waals surface area contributed by atoms with E-state index in [9.17, 15) is 14.7 Å². The highest BCUT2D eigenvalue weighted by atomic mass is 35.5. The first-order chi connectivity index (χ1) is 21.7. The molecule has 1 amide bonds. The Labute approximate surface area is 276 Å². The van der Waals surface area contributed by atoms with Gasteiger partial charge in [0.2, 0.25) is 5.13 Å². The summed E-state index contributed by atoms with van der Waals surface area (Å²) in [6.45, 7) is 6.41. The van der Waals surface area contributed by atoms with Crippen molar-refractivity contribution in [1.82, 2.24) is 10.2 Å². The van der Waals surface area contributed by atoms with Gasteiger partial charge in [0.1, 0.15) is 5.76 Å². The molecule has 1 N–H and O–H groups in total. The Morgan fingerprint density at radius 3 is 2.60 bits per heavy atom. The quantitative estimate of drug-likeness (QED) is 0.0403. The van der Waals surface area contributed by atoms with Gasteiger partial charge in [-0.15, -0.1) is 10.2 Å². The summed E-state index contributed by atoms with van der Waals surface area (Å²) in [5, 5.41) is 21.2. The molecule has 4 aromatic rings. The van der Waals surface area contributed by atoms with Gasteiger partial charge < -0.3 is 14.6 Å². The molecule has 1 aliphatic rings. The van der Waals surface area contributed by atoms with Crippen LogP contribution in [0.4, 0.5) is 5.13 Å². The zero-order chi connectivity index (χ0) is 32.1. The maximum atomic E-state index is 13.7. The lowest BCUT2D eigenvalue weighted by molar-refractivity contribution is -0.132. The third-order valence-corrected chi connectivity index (χ3v) is 9.99. The first kappa shape index (κ1) is 32.5. The highest BCUT2D eigenvalue weighted by Gasteiger charge is 2.48. The number of rotatable bonds is 12. The van der Waals surface area contributed by atoms with Crippen molar-refractivity contribution in [2.45, 2.75) is 56.2 Å². The lowest BCUT2D eigenvalue weighted by atomic mass is 9.93. The fraction of sp³-hybridized carbons (Fsp3) is 0.294. The van der Waals surface area contributed by atoms with Crippen LogP contribution in [0.2, 0.25) is 5.02 Å². The minimum atomic E-state index is -0.984. The number of aliphatic hydroxyl groups is 1. The summed E-state index contributed by atoms with van der Waals surface area (Å²) < 4.78 is 12.3. The van der Waals surface area contributed by atoms with E-state index in [2.05, 4.69) is 17.1 Å². The Balaban J connectivity index is 1.57. The molecule has 0 aliphatic carbocycles. The van der Waals surface area contributed by atoms with Crippen molar-refractivity contribution in [3.63, 3.8) is 0 Å². The standard InChI is InChI=1S/C34H34ClN3O5S2/c1-5-6-9-16-43-26-15-14-22(18-27(26)42-4)29-28(30(39)24-17-20(2)12-13-21(24)3)31(40)32(41)38(29)33-36-37-34(45-33)44-19-23-10-7-8-11-25(23)35/h7-8,10-15,17-18,29,39H,5-6,9,16,19H2,1-4H3/b30-28+. The van der Waals surface area contributed by atoms with E-state index >= 15 is 0 Å². The van der Waals surface area contributed by atoms with E-state index in [1.54, 1.807) is 24.3 Å². The summed E-state index contributed by atoms with van der Waals surface area (Å²) in [4.78, 5) is 28.8. The Morgan fingerprint density at radius 2 is 1.84 bits per heavy atom. The molecule has 1 unspecified atom stereocenters. The van der Waals surface area contributed by atoms with E-state index < -0.39 is 17.7 Å². The Bertz CT molecular complexity index is 1760. The van der Waals surface area contributed by atoms with Crippen LogP contribution in [-0.2, 0) is 15.3 Å². The van der Waals surface area contributed by atoms with Crippen molar-refractivity contribution in [1.29, 1.82) is 0 Å². The van der Waals surface area contributed by atoms with Crippen LogP contribution in [0.5, 0.6) is 11.5 Å². The SMILES string of the molecule is CCCCCOc1ccc(C2/C(=C(\O)c3cc(C)ccc3C)C(=O)C(=O)N2c2nnc(SCc3ccccc3Cl)s2)cc1OC. The van der Waals surface area contributed by atoms with E-state index in [1.807, 2.05) is 50.2 Å². The van der Waals surface area contributed by atoms with Gasteiger partial charge in [0, 0.05) is 16.3 Å². The van der Waals surface area contributed by atoms with Crippen molar-refractivity contribution < 1.29 is 24.2 Å². The van der Waals surface area contributed by atoms with Gasteiger partial charge in [0.05, 0.1) is 25.3 Å². The number of ketones is 1. The van der Waals surface area contributed by atoms with Crippen LogP contribution < -0.4 is 14.4 Å². The van der Waals surface area contributed by atoms with Gasteiger partial charge in [-0.3, -0.25) is 14.5 Å². The van der Waals surface area contributed by atoms with Crippen molar-refractivity contribution in [2.75, 3.05) is 18.6 Å². The minimum Gasteiger partial charge on any atom is -0.507 e. The highest BCUT2D eigenvalue weighted by Crippen LogP contribution is 2.46. The second-order valence-corrected chi connectivity index (χ2v) is 13.3. The predicted molar refractivity (Wildman–Crippen MR) is 180 cm³/mol. The van der Waals surface area contributed by atoms with Gasteiger partial charge in [-0.25, -0.2) is 0 Å². The molecule has 1 atom stereocenters. The monoisotopic (exact) mass is 663 g/mol. The zero-order valence-electron chi connectivity index (χ0n) is 25.5. The second kappa shape index (κ2) is 14.5. The van der Waals surface area contributed by atoms with E-state index in [0.717, 1.165) is 36.0 Å². The van der Waals surface area contributed by atoms with Gasteiger partial charge >= 0.3 is 5.91 Å². The third kappa shape index (κ3) is 7.03. The summed E-state index contributed by atoms with van der Waals surface area (Å²) in [6, 6.07) is 17.5. The van der Waals surface area contributed by atoms with E-state index in [0.29, 0.717) is 44.3 Å². The molecular weight excluding hydrogens is 630 g/mol. The smallest absolute Gasteiger partial charge is 0.301 e. The molecule has 0 spiro atoms. The molecule has 11 heteroatoms. The third-order valence-electron chi connectivity index (χ3n) is 7.51. The van der Waals surface area contributed by atoms with Crippen LogP contribution in [0.3, 0.4) is 0 Å². The maximum absolute atomic E-state index is 13.7. The number of anilines is 1. The van der Waals surface area contributed by atoms with Crippen LogP contribution >= 0.6 is 34.7 Å². The lowest BCUT2D eigenvalue weighted by Crippen LogP contribution is -2.29. The molecule has 3 aromatic carbocycles. The number of carbonyl (C=O) groups excluding carboxylic acids is 2. The van der Waals surface area contributed by atoms with E-state index in [1.165, 1.54) is 35.1 Å². The summed E-state index contributed by atoms with van der Waals surface area (Å²) in [6.07, 6.45) is 3.03. The number of carbonyl (C=O) groups is 2. The second-order valence-electron chi connectivity index (χ2n) is 10.7. The van der Waals surface area contributed by atoms with Crippen molar-refractivity contribution in [3.8, 4) is 11.5 Å². The number of thioether (sulfide) groups is 1. The molecule has 1 saturated heterocycles. The summed E-state index contributed by atoms with van der Waals surface area (Å²) >= 11 is 8.96. The molecule has 1 aromatic heterocycles. The Kier molecular flexibility index (Phi) is 10.5. The summed E-state index contributed by atoms with van der Waals surface area (Å²) in [7, 11) is 1.54. The highest BCUT2D eigenvalue weighted by molar-refractivity contribution is 8.00. The lowest BCUT2D eigenvalue weighted by Gasteiger charge is -2.23. The predicted octanol–water partition coefficient (Wildman–Crippen LogP) is 8.30. The van der Waals surface area contributed by atoms with Crippen molar-refractivity contribution in [2.24, 2.45) is 0 Å². The number of nitrogens with zero attached hydrogens (tertiary/aromatic N) is 3. The van der Waals surface area contributed by atoms with Crippen molar-refractivity contribution >= 4 is 57.3 Å². The number of unbranched alkanes of at least 4 members (excludes halogenated alkanes) is 2. The summed E-state index contributed by atoms with van der Waals surface area (Å²) in [5.41, 5.74) is 3.62. The molecule has 2 heterocycles. The number of amides is 1. The molecule has 0 radical (unpaired) electrons. The van der Waals surface area contributed by atoms with Crippen LogP contribution in [0.15, 0.2) is 70.6 Å². The minimum absolute atomic E-state index is 0.0344. The van der Waals surface area contributed by atoms with Crippen LogP contribution in [0, 0.1) is 13.8 Å². The maximum Gasteiger partial charge on any atom is 0.301 e. The van der Waals surface area contributed by atoms with E-state index in [4.69, 9.17) is 21.1 Å². The van der Waals surface area contributed by atoms with Crippen molar-refractivity contribution in [3.05, 3.63) is 99.1 Å². The van der Waals surface area contributed by atoms with E-state index in [-0.39, 0.29) is 16.5 Å². The molecule has 8 nitrogen and oxygen atoms in total. The summed E-state index contributed by atoms with van der Waals surface area (Å²) in [5.74, 6) is -0.298. The first-order valence-corrected chi connectivity index (χ1v) is 16.8. The Morgan fingerprint density at radius 1 is 1.04 bits per heavy atom. The average molecular weight is 664 g/mol. The normalized spacial score (nSPS) is 15.9. The molecule has 0 saturated carbocycles. The van der Waals surface area contributed by atoms with Gasteiger partial charge in [0.25, 0.3) is 5.78 Å². The molecule has 0 bridgehead atoms. The number of aryl methyl sites for hydroxylation is 2. The molecule has 45 heavy (non-hydrogen) atoms. The number of hydrogen-bond donors (Lipinski definition) is 1. The van der Waals surface area contributed by atoms with Crippen LogP contribution in [-0.4, -0.2) is 40.7 Å². The van der Waals surface area contributed by atoms with Gasteiger partial charge in [-0.1, -0.05) is 96.4 Å². The van der Waals surface area contributed by atoms with Gasteiger partial charge in [0.15, 0.2) is 15.8 Å². The zero-order valence-corrected chi connectivity index (χ0v) is 27.9.